The second-order valence-electron chi connectivity index (χ2n) is 5.57. The molecule has 1 N–H and O–H groups in total. The van der Waals surface area contributed by atoms with Crippen LogP contribution in [-0.2, 0) is 0 Å². The van der Waals surface area contributed by atoms with E-state index in [1.54, 1.807) is 0 Å². The molecule has 1 atom stereocenters. The number of rotatable bonds is 7. The first-order valence-corrected chi connectivity index (χ1v) is 7.90. The van der Waals surface area contributed by atoms with Crippen LogP contribution in [0.5, 0.6) is 5.75 Å². The zero-order valence-electron chi connectivity index (χ0n) is 12.7. The summed E-state index contributed by atoms with van der Waals surface area (Å²) in [5.41, 5.74) is 1.08. The molecule has 1 aromatic rings. The first-order chi connectivity index (χ1) is 8.89. The highest BCUT2D eigenvalue weighted by atomic mass is 79.9. The van der Waals surface area contributed by atoms with E-state index in [0.29, 0.717) is 6.04 Å². The van der Waals surface area contributed by atoms with E-state index in [1.165, 1.54) is 5.56 Å². The van der Waals surface area contributed by atoms with Gasteiger partial charge in [0.1, 0.15) is 11.4 Å². The molecule has 0 amide bonds. The molecule has 2 nitrogen and oxygen atoms in total. The molecule has 0 heterocycles. The van der Waals surface area contributed by atoms with Crippen molar-refractivity contribution >= 4 is 15.9 Å². The molecule has 0 saturated heterocycles. The first-order valence-electron chi connectivity index (χ1n) is 7.11. The summed E-state index contributed by atoms with van der Waals surface area (Å²) in [5, 5.41) is 3.52. The van der Waals surface area contributed by atoms with Crippen molar-refractivity contribution < 1.29 is 4.74 Å². The average Bonchev–Trinajstić information content (AvgIpc) is 2.38. The molecule has 0 aromatic heterocycles. The molecule has 108 valence electrons. The Morgan fingerprint density at radius 2 is 2.00 bits per heavy atom. The summed E-state index contributed by atoms with van der Waals surface area (Å²) >= 11 is 3.55. The minimum Gasteiger partial charge on any atom is -0.488 e. The predicted molar refractivity (Wildman–Crippen MR) is 85.8 cm³/mol. The van der Waals surface area contributed by atoms with Gasteiger partial charge in [0.2, 0.25) is 0 Å². The van der Waals surface area contributed by atoms with Gasteiger partial charge in [0.15, 0.2) is 0 Å². The zero-order chi connectivity index (χ0) is 14.5. The normalized spacial score (nSPS) is 13.4. The van der Waals surface area contributed by atoms with Gasteiger partial charge < -0.3 is 10.1 Å². The third-order valence-corrected chi connectivity index (χ3v) is 3.87. The molecule has 0 aliphatic carbocycles. The maximum absolute atomic E-state index is 6.18. The van der Waals surface area contributed by atoms with Crippen LogP contribution in [0.2, 0.25) is 0 Å². The van der Waals surface area contributed by atoms with E-state index in [2.05, 4.69) is 68.0 Å². The predicted octanol–water partition coefficient (Wildman–Crippen LogP) is 5.08. The van der Waals surface area contributed by atoms with E-state index >= 15 is 0 Å². The van der Waals surface area contributed by atoms with Crippen molar-refractivity contribution in [2.75, 3.05) is 6.54 Å². The lowest BCUT2D eigenvalue weighted by Gasteiger charge is -2.28. The fourth-order valence-electron chi connectivity index (χ4n) is 1.79. The summed E-state index contributed by atoms with van der Waals surface area (Å²) in [7, 11) is 0. The first kappa shape index (κ1) is 16.5. The summed E-state index contributed by atoms with van der Waals surface area (Å²) in [6.45, 7) is 11.8. The molecule has 0 fully saturated rings. The van der Waals surface area contributed by atoms with Gasteiger partial charge in [-0.05, 0) is 58.4 Å². The minimum atomic E-state index is -0.132. The monoisotopic (exact) mass is 327 g/mol. The van der Waals surface area contributed by atoms with Gasteiger partial charge in [0, 0.05) is 16.1 Å². The maximum Gasteiger partial charge on any atom is 0.124 e. The summed E-state index contributed by atoms with van der Waals surface area (Å²) in [5.74, 6) is 0.978. The summed E-state index contributed by atoms with van der Waals surface area (Å²) in [6, 6.07) is 6.53. The van der Waals surface area contributed by atoms with Crippen molar-refractivity contribution in [1.82, 2.24) is 5.32 Å². The van der Waals surface area contributed by atoms with Crippen LogP contribution in [-0.4, -0.2) is 12.1 Å². The average molecular weight is 328 g/mol. The Kier molecular flexibility index (Phi) is 6.34. The summed E-state index contributed by atoms with van der Waals surface area (Å²) in [4.78, 5) is 0. The highest BCUT2D eigenvalue weighted by Gasteiger charge is 2.20. The van der Waals surface area contributed by atoms with Crippen molar-refractivity contribution in [2.45, 2.75) is 59.1 Å². The maximum atomic E-state index is 6.18. The SMILES string of the molecule is CCCNC(C)c1cc(Br)ccc1OC(C)(C)CC. The van der Waals surface area contributed by atoms with E-state index < -0.39 is 0 Å². The second-order valence-corrected chi connectivity index (χ2v) is 6.49. The molecule has 1 rings (SSSR count). The van der Waals surface area contributed by atoms with Crippen molar-refractivity contribution in [1.29, 1.82) is 0 Å². The molecule has 0 aliphatic heterocycles. The summed E-state index contributed by atoms with van der Waals surface area (Å²) in [6.07, 6.45) is 2.12. The third-order valence-electron chi connectivity index (χ3n) is 3.38. The molecular weight excluding hydrogens is 302 g/mol. The van der Waals surface area contributed by atoms with Gasteiger partial charge in [0.05, 0.1) is 0 Å². The number of nitrogens with one attached hydrogen (secondary N) is 1. The number of halogens is 1. The molecule has 0 radical (unpaired) electrons. The standard InChI is InChI=1S/C16H26BrNO/c1-6-10-18-12(3)14-11-13(17)8-9-15(14)19-16(4,5)7-2/h8-9,11-12,18H,6-7,10H2,1-5H3. The second kappa shape index (κ2) is 7.30. The molecule has 0 spiro atoms. The fourth-order valence-corrected chi connectivity index (χ4v) is 2.17. The molecular formula is C16H26BrNO. The van der Waals surface area contributed by atoms with Gasteiger partial charge in [-0.3, -0.25) is 0 Å². The lowest BCUT2D eigenvalue weighted by molar-refractivity contribution is 0.103. The molecule has 0 bridgehead atoms. The molecule has 3 heteroatoms. The van der Waals surface area contributed by atoms with Crippen molar-refractivity contribution in [3.8, 4) is 5.75 Å². The van der Waals surface area contributed by atoms with Crippen LogP contribution in [0, 0.1) is 0 Å². The van der Waals surface area contributed by atoms with Crippen LogP contribution >= 0.6 is 15.9 Å². The van der Waals surface area contributed by atoms with Crippen LogP contribution in [0.3, 0.4) is 0 Å². The lowest BCUT2D eigenvalue weighted by atomic mass is 10.0. The molecule has 0 aliphatic rings. The Balaban J connectivity index is 2.97. The number of hydrogen-bond donors (Lipinski definition) is 1. The van der Waals surface area contributed by atoms with Crippen LogP contribution in [0.4, 0.5) is 0 Å². The Bertz CT molecular complexity index is 404. The molecule has 0 saturated carbocycles. The molecule has 1 aromatic carbocycles. The highest BCUT2D eigenvalue weighted by molar-refractivity contribution is 9.10. The van der Waals surface area contributed by atoms with Crippen LogP contribution in [0.1, 0.15) is 59.1 Å². The van der Waals surface area contributed by atoms with Crippen molar-refractivity contribution in [3.05, 3.63) is 28.2 Å². The van der Waals surface area contributed by atoms with E-state index in [9.17, 15) is 0 Å². The Hall–Kier alpha value is -0.540. The van der Waals surface area contributed by atoms with Gasteiger partial charge in [0.25, 0.3) is 0 Å². The Labute approximate surface area is 126 Å². The van der Waals surface area contributed by atoms with Gasteiger partial charge in [-0.1, -0.05) is 29.8 Å². The Morgan fingerprint density at radius 1 is 1.32 bits per heavy atom. The smallest absolute Gasteiger partial charge is 0.124 e. The largest absolute Gasteiger partial charge is 0.488 e. The van der Waals surface area contributed by atoms with E-state index in [1.807, 2.05) is 6.07 Å². The van der Waals surface area contributed by atoms with E-state index in [0.717, 1.165) is 29.6 Å². The topological polar surface area (TPSA) is 21.3 Å². The van der Waals surface area contributed by atoms with Gasteiger partial charge in [-0.15, -0.1) is 0 Å². The van der Waals surface area contributed by atoms with Gasteiger partial charge >= 0.3 is 0 Å². The number of ether oxygens (including phenoxy) is 1. The quantitative estimate of drug-likeness (QED) is 0.754. The van der Waals surface area contributed by atoms with Gasteiger partial charge in [-0.2, -0.15) is 0 Å². The van der Waals surface area contributed by atoms with Crippen LogP contribution in [0.25, 0.3) is 0 Å². The number of benzene rings is 1. The van der Waals surface area contributed by atoms with Crippen LogP contribution < -0.4 is 10.1 Å². The van der Waals surface area contributed by atoms with E-state index in [4.69, 9.17) is 4.74 Å². The van der Waals surface area contributed by atoms with E-state index in [-0.39, 0.29) is 5.60 Å². The van der Waals surface area contributed by atoms with Gasteiger partial charge in [-0.25, -0.2) is 0 Å². The summed E-state index contributed by atoms with van der Waals surface area (Å²) < 4.78 is 7.27. The lowest BCUT2D eigenvalue weighted by Crippen LogP contribution is -2.28. The van der Waals surface area contributed by atoms with Crippen molar-refractivity contribution in [3.63, 3.8) is 0 Å². The Morgan fingerprint density at radius 3 is 2.58 bits per heavy atom. The zero-order valence-corrected chi connectivity index (χ0v) is 14.3. The highest BCUT2D eigenvalue weighted by Crippen LogP contribution is 2.31. The minimum absolute atomic E-state index is 0.132. The fraction of sp³-hybridized carbons (Fsp3) is 0.625. The number of hydrogen-bond acceptors (Lipinski definition) is 2. The van der Waals surface area contributed by atoms with Crippen molar-refractivity contribution in [2.24, 2.45) is 0 Å². The molecule has 1 unspecified atom stereocenters. The van der Waals surface area contributed by atoms with Crippen LogP contribution in [0.15, 0.2) is 22.7 Å². The molecule has 19 heavy (non-hydrogen) atoms. The third kappa shape index (κ3) is 5.15.